The number of carbonyl (C=O) groups is 1. The van der Waals surface area contributed by atoms with Crippen LogP contribution in [-0.4, -0.2) is 49.9 Å². The summed E-state index contributed by atoms with van der Waals surface area (Å²) in [5.41, 5.74) is 5.01. The van der Waals surface area contributed by atoms with E-state index in [2.05, 4.69) is 10.6 Å². The number of amides is 1. The van der Waals surface area contributed by atoms with E-state index >= 15 is 0 Å². The van der Waals surface area contributed by atoms with Gasteiger partial charge in [0.15, 0.2) is 0 Å². The van der Waals surface area contributed by atoms with E-state index in [1.165, 1.54) is 0 Å². The number of nitrogens with two attached hydrogens (primary N) is 1. The van der Waals surface area contributed by atoms with Crippen molar-refractivity contribution >= 4 is 14.5 Å². The molecule has 0 aromatic carbocycles. The van der Waals surface area contributed by atoms with Crippen molar-refractivity contribution in [3.63, 3.8) is 0 Å². The standard InChI is InChI=1S/C11H27N3O3Si/c1-4-9(11(15)14-7-6-12)8-18(16,17)10(5-2)13-3/h9-10,13,16-17H,4-8,12H2,1-3H3,(H,14,15). The second-order valence-corrected chi connectivity index (χ2v) is 7.38. The fourth-order valence-electron chi connectivity index (χ4n) is 2.03. The Bertz CT molecular complexity index is 248. The Labute approximate surface area is 110 Å². The van der Waals surface area contributed by atoms with Gasteiger partial charge in [-0.15, -0.1) is 0 Å². The van der Waals surface area contributed by atoms with E-state index in [0.717, 1.165) is 0 Å². The average molecular weight is 277 g/mol. The van der Waals surface area contributed by atoms with Crippen molar-refractivity contribution in [1.82, 2.24) is 10.6 Å². The first-order valence-electron chi connectivity index (χ1n) is 6.52. The molecule has 0 aromatic heterocycles. The van der Waals surface area contributed by atoms with Crippen LogP contribution in [-0.2, 0) is 4.79 Å². The van der Waals surface area contributed by atoms with Crippen LogP contribution >= 0.6 is 0 Å². The molecule has 0 aromatic rings. The summed E-state index contributed by atoms with van der Waals surface area (Å²) in [6.07, 6.45) is 1.23. The van der Waals surface area contributed by atoms with Crippen molar-refractivity contribution in [3.8, 4) is 0 Å². The topological polar surface area (TPSA) is 108 Å². The molecule has 108 valence electrons. The monoisotopic (exact) mass is 277 g/mol. The first kappa shape index (κ1) is 17.5. The molecule has 0 aliphatic carbocycles. The van der Waals surface area contributed by atoms with Crippen molar-refractivity contribution in [2.75, 3.05) is 20.1 Å². The lowest BCUT2D eigenvalue weighted by Gasteiger charge is -2.29. The van der Waals surface area contributed by atoms with Gasteiger partial charge in [0.05, 0.1) is 0 Å². The van der Waals surface area contributed by atoms with E-state index < -0.39 is 8.56 Å². The molecular formula is C11H27N3O3Si. The fourth-order valence-corrected chi connectivity index (χ4v) is 4.63. The van der Waals surface area contributed by atoms with Crippen LogP contribution < -0.4 is 16.4 Å². The third-order valence-electron chi connectivity index (χ3n) is 3.17. The second kappa shape index (κ2) is 8.60. The minimum Gasteiger partial charge on any atom is -0.410 e. The first-order chi connectivity index (χ1) is 8.42. The van der Waals surface area contributed by atoms with Gasteiger partial charge in [-0.2, -0.15) is 0 Å². The van der Waals surface area contributed by atoms with Gasteiger partial charge in [-0.1, -0.05) is 13.8 Å². The fraction of sp³-hybridized carbons (Fsp3) is 0.909. The van der Waals surface area contributed by atoms with E-state index in [4.69, 9.17) is 5.73 Å². The van der Waals surface area contributed by atoms with Crippen LogP contribution in [0.2, 0.25) is 6.04 Å². The van der Waals surface area contributed by atoms with Gasteiger partial charge < -0.3 is 26.0 Å². The molecule has 6 nitrogen and oxygen atoms in total. The first-order valence-corrected chi connectivity index (χ1v) is 8.70. The summed E-state index contributed by atoms with van der Waals surface area (Å²) < 4.78 is 0. The lowest BCUT2D eigenvalue weighted by atomic mass is 10.1. The Morgan fingerprint density at radius 3 is 2.33 bits per heavy atom. The van der Waals surface area contributed by atoms with Gasteiger partial charge in [0, 0.05) is 30.7 Å². The van der Waals surface area contributed by atoms with E-state index in [0.29, 0.717) is 25.9 Å². The molecule has 0 rings (SSSR count). The molecule has 0 saturated carbocycles. The molecule has 0 fully saturated rings. The van der Waals surface area contributed by atoms with Gasteiger partial charge in [-0.25, -0.2) is 0 Å². The Balaban J connectivity index is 4.54. The lowest BCUT2D eigenvalue weighted by molar-refractivity contribution is -0.124. The summed E-state index contributed by atoms with van der Waals surface area (Å²) in [5.74, 6) is -0.505. The zero-order valence-corrected chi connectivity index (χ0v) is 12.6. The molecule has 0 radical (unpaired) electrons. The van der Waals surface area contributed by atoms with E-state index in [-0.39, 0.29) is 23.5 Å². The third kappa shape index (κ3) is 5.45. The van der Waals surface area contributed by atoms with Crippen LogP contribution in [0, 0.1) is 5.92 Å². The summed E-state index contributed by atoms with van der Waals surface area (Å²) in [6.45, 7) is 4.57. The quantitative estimate of drug-likeness (QED) is 0.349. The molecular weight excluding hydrogens is 250 g/mol. The third-order valence-corrected chi connectivity index (χ3v) is 6.08. The van der Waals surface area contributed by atoms with Crippen molar-refractivity contribution < 1.29 is 14.4 Å². The highest BCUT2D eigenvalue weighted by Crippen LogP contribution is 2.20. The largest absolute Gasteiger partial charge is 0.410 e. The molecule has 6 N–H and O–H groups in total. The molecule has 1 amide bonds. The van der Waals surface area contributed by atoms with Crippen LogP contribution in [0.4, 0.5) is 0 Å². The van der Waals surface area contributed by atoms with Crippen molar-refractivity contribution in [3.05, 3.63) is 0 Å². The normalized spacial score (nSPS) is 15.2. The minimum atomic E-state index is -3.42. The molecule has 7 heteroatoms. The molecule has 0 aliphatic heterocycles. The molecule has 0 aliphatic rings. The molecule has 2 atom stereocenters. The summed E-state index contributed by atoms with van der Waals surface area (Å²) in [6, 6.07) is 0.152. The van der Waals surface area contributed by atoms with Crippen LogP contribution in [0.25, 0.3) is 0 Å². The number of rotatable bonds is 9. The zero-order valence-electron chi connectivity index (χ0n) is 11.6. The predicted octanol–water partition coefficient (Wildman–Crippen LogP) is -0.948. The van der Waals surface area contributed by atoms with Crippen molar-refractivity contribution in [1.29, 1.82) is 0 Å². The number of nitrogens with one attached hydrogen (secondary N) is 2. The molecule has 0 bridgehead atoms. The Morgan fingerprint density at radius 1 is 1.33 bits per heavy atom. The van der Waals surface area contributed by atoms with Gasteiger partial charge in [0.25, 0.3) is 0 Å². The van der Waals surface area contributed by atoms with Crippen molar-refractivity contribution in [2.45, 2.75) is 38.4 Å². The lowest BCUT2D eigenvalue weighted by Crippen LogP contribution is -2.56. The number of carbonyl (C=O) groups excluding carboxylic acids is 1. The van der Waals surface area contributed by atoms with E-state index in [9.17, 15) is 14.4 Å². The smallest absolute Gasteiger partial charge is 0.351 e. The van der Waals surface area contributed by atoms with E-state index in [1.54, 1.807) is 7.05 Å². The molecule has 18 heavy (non-hydrogen) atoms. The number of hydrogen-bond donors (Lipinski definition) is 5. The minimum absolute atomic E-state index is 0.145. The van der Waals surface area contributed by atoms with Crippen molar-refractivity contribution in [2.24, 2.45) is 11.7 Å². The van der Waals surface area contributed by atoms with Gasteiger partial charge in [-0.3, -0.25) is 4.79 Å². The van der Waals surface area contributed by atoms with Gasteiger partial charge in [0.1, 0.15) is 0 Å². The summed E-state index contributed by atoms with van der Waals surface area (Å²) in [4.78, 5) is 32.2. The summed E-state index contributed by atoms with van der Waals surface area (Å²) in [7, 11) is -1.72. The zero-order chi connectivity index (χ0) is 14.2. The Hall–Kier alpha value is -0.473. The van der Waals surface area contributed by atoms with Crippen LogP contribution in [0.5, 0.6) is 0 Å². The highest BCUT2D eigenvalue weighted by molar-refractivity contribution is 6.66. The SMILES string of the molecule is CCC(C[Si](O)(O)C(CC)NC)C(=O)NCCN. The second-order valence-electron chi connectivity index (χ2n) is 4.52. The molecule has 0 spiro atoms. The van der Waals surface area contributed by atoms with Gasteiger partial charge >= 0.3 is 8.56 Å². The molecule has 2 unspecified atom stereocenters. The summed E-state index contributed by atoms with van der Waals surface area (Å²) >= 11 is 0. The van der Waals surface area contributed by atoms with Gasteiger partial charge in [0.2, 0.25) is 5.91 Å². The average Bonchev–Trinajstić information content (AvgIpc) is 2.34. The molecule has 0 saturated heterocycles. The maximum atomic E-state index is 11.8. The maximum absolute atomic E-state index is 11.8. The molecule has 0 heterocycles. The Morgan fingerprint density at radius 2 is 1.94 bits per heavy atom. The predicted molar refractivity (Wildman–Crippen MR) is 74.0 cm³/mol. The van der Waals surface area contributed by atoms with E-state index in [1.807, 2.05) is 13.8 Å². The highest BCUT2D eigenvalue weighted by atomic mass is 28.4. The maximum Gasteiger partial charge on any atom is 0.351 e. The highest BCUT2D eigenvalue weighted by Gasteiger charge is 2.41. The van der Waals surface area contributed by atoms with Crippen LogP contribution in [0.15, 0.2) is 0 Å². The van der Waals surface area contributed by atoms with Crippen LogP contribution in [0.1, 0.15) is 26.7 Å². The Kier molecular flexibility index (Phi) is 8.37. The van der Waals surface area contributed by atoms with Crippen LogP contribution in [0.3, 0.4) is 0 Å². The number of hydrogen-bond acceptors (Lipinski definition) is 5. The van der Waals surface area contributed by atoms with Gasteiger partial charge in [-0.05, 0) is 19.9 Å². The summed E-state index contributed by atoms with van der Waals surface area (Å²) in [5, 5.41) is 5.61.